The largest absolute Gasteiger partial charge is 0.507 e. The van der Waals surface area contributed by atoms with Crippen molar-refractivity contribution in [1.82, 2.24) is 29.7 Å². The van der Waals surface area contributed by atoms with Gasteiger partial charge in [0, 0.05) is 27.2 Å². The number of hydrogen-bond donors (Lipinski definition) is 1. The monoisotopic (exact) mass is 654 g/mol. The summed E-state index contributed by atoms with van der Waals surface area (Å²) in [5, 5.41) is 10.2. The van der Waals surface area contributed by atoms with Gasteiger partial charge in [-0.25, -0.2) is 15.0 Å². The van der Waals surface area contributed by atoms with Crippen LogP contribution in [0.4, 0.5) is 0 Å². The average molecular weight is 657 g/mol. The Balaban J connectivity index is 0.000000156. The van der Waals surface area contributed by atoms with Crippen LogP contribution in [0.25, 0.3) is 0 Å². The molecular weight excluding hydrogens is 638 g/mol. The first-order chi connectivity index (χ1) is 19.5. The zero-order valence-corrected chi connectivity index (χ0v) is 25.1. The second kappa shape index (κ2) is 13.1. The van der Waals surface area contributed by atoms with Gasteiger partial charge in [-0.15, -0.1) is 0 Å². The van der Waals surface area contributed by atoms with E-state index >= 15 is 0 Å². The molecule has 6 rings (SSSR count). The molecule has 4 aromatic rings. The van der Waals surface area contributed by atoms with Crippen LogP contribution in [0.5, 0.6) is 17.4 Å². The molecule has 4 heterocycles. The van der Waals surface area contributed by atoms with Crippen LogP contribution in [0, 0.1) is 0 Å². The topological polar surface area (TPSA) is 122 Å². The van der Waals surface area contributed by atoms with E-state index < -0.39 is 0 Å². The van der Waals surface area contributed by atoms with Gasteiger partial charge in [0.05, 0.1) is 28.5 Å². The number of carbonyl (C=O) groups is 2. The number of phenolic OH excluding ortho intramolecular Hbond substituents is 1. The summed E-state index contributed by atoms with van der Waals surface area (Å²) in [5.74, 6) is 0.438. The molecule has 15 heteroatoms. The maximum Gasteiger partial charge on any atom is 0.258 e. The summed E-state index contributed by atoms with van der Waals surface area (Å²) in [6.45, 7) is 1.16. The molecule has 0 atom stereocenters. The van der Waals surface area contributed by atoms with Gasteiger partial charge in [0.1, 0.15) is 16.5 Å². The lowest BCUT2D eigenvalue weighted by atomic mass is 10.1. The van der Waals surface area contributed by atoms with E-state index in [-0.39, 0.29) is 44.2 Å². The highest BCUT2D eigenvalue weighted by Crippen LogP contribution is 2.35. The van der Waals surface area contributed by atoms with Crippen molar-refractivity contribution < 1.29 is 19.4 Å². The molecule has 0 fully saturated rings. The summed E-state index contributed by atoms with van der Waals surface area (Å²) in [7, 11) is 3.46. The van der Waals surface area contributed by atoms with Gasteiger partial charge >= 0.3 is 0 Å². The first kappa shape index (κ1) is 30.5. The lowest BCUT2D eigenvalue weighted by Gasteiger charge is -2.10. The molecular formula is C26H19Cl5N6O4. The Morgan fingerprint density at radius 2 is 1.29 bits per heavy atom. The van der Waals surface area contributed by atoms with E-state index in [1.807, 2.05) is 18.2 Å². The molecule has 0 unspecified atom stereocenters. The van der Waals surface area contributed by atoms with E-state index in [2.05, 4.69) is 19.9 Å². The highest BCUT2D eigenvalue weighted by molar-refractivity contribution is 6.41. The average Bonchev–Trinajstić information content (AvgIpc) is 3.39. The zero-order chi connectivity index (χ0) is 29.8. The predicted octanol–water partition coefficient (Wildman–Crippen LogP) is 6.58. The Kier molecular flexibility index (Phi) is 9.72. The van der Waals surface area contributed by atoms with Crippen molar-refractivity contribution in [3.63, 3.8) is 0 Å². The van der Waals surface area contributed by atoms with E-state index in [4.69, 9.17) is 62.7 Å². The summed E-state index contributed by atoms with van der Waals surface area (Å²) in [6, 6.07) is 10.5. The number of hydrogen-bond acceptors (Lipinski definition) is 8. The molecule has 212 valence electrons. The minimum absolute atomic E-state index is 0.0282. The van der Waals surface area contributed by atoms with Gasteiger partial charge in [0.2, 0.25) is 16.4 Å². The number of rotatable bonds is 2. The van der Waals surface area contributed by atoms with Crippen molar-refractivity contribution in [2.75, 3.05) is 14.1 Å². The van der Waals surface area contributed by atoms with Gasteiger partial charge < -0.3 is 19.6 Å². The van der Waals surface area contributed by atoms with Crippen LogP contribution < -0.4 is 4.74 Å². The number of aromatic hydroxyl groups is 1. The van der Waals surface area contributed by atoms with E-state index in [0.29, 0.717) is 35.0 Å². The number of carbonyl (C=O) groups excluding carboxylic acids is 2. The van der Waals surface area contributed by atoms with Crippen LogP contribution in [0.15, 0.2) is 48.8 Å². The van der Waals surface area contributed by atoms with Crippen molar-refractivity contribution in [1.29, 1.82) is 0 Å². The molecule has 0 aliphatic carbocycles. The van der Waals surface area contributed by atoms with Crippen molar-refractivity contribution in [2.24, 2.45) is 0 Å². The number of ether oxygens (including phenoxy) is 1. The molecule has 0 bridgehead atoms. The fraction of sp³-hybridized carbons (Fsp3) is 0.154. The van der Waals surface area contributed by atoms with Crippen LogP contribution in [-0.4, -0.2) is 60.8 Å². The number of benzene rings is 2. The first-order valence-electron chi connectivity index (χ1n) is 11.6. The van der Waals surface area contributed by atoms with E-state index in [0.717, 1.165) is 11.1 Å². The van der Waals surface area contributed by atoms with Crippen LogP contribution in [-0.2, 0) is 13.1 Å². The summed E-state index contributed by atoms with van der Waals surface area (Å²) in [5.41, 5.74) is 2.80. The van der Waals surface area contributed by atoms with Crippen LogP contribution in [0.1, 0.15) is 31.8 Å². The maximum absolute atomic E-state index is 12.1. The second-order valence-corrected chi connectivity index (χ2v) is 10.4. The Labute approximate surface area is 259 Å². The van der Waals surface area contributed by atoms with Gasteiger partial charge in [0.15, 0.2) is 5.15 Å². The Morgan fingerprint density at radius 3 is 1.88 bits per heavy atom. The smallest absolute Gasteiger partial charge is 0.258 e. The van der Waals surface area contributed by atoms with Gasteiger partial charge in [-0.2, -0.15) is 4.98 Å². The normalized spacial score (nSPS) is 13.1. The van der Waals surface area contributed by atoms with Crippen LogP contribution in [0.2, 0.25) is 25.8 Å². The van der Waals surface area contributed by atoms with Gasteiger partial charge in [-0.05, 0) is 46.5 Å². The second-order valence-electron chi connectivity index (χ2n) is 8.60. The third-order valence-electron chi connectivity index (χ3n) is 5.74. The number of fused-ring (bicyclic) bond motifs is 2. The Hall–Kier alpha value is -3.41. The third-order valence-corrected chi connectivity index (χ3v) is 7.02. The molecule has 2 aromatic heterocycles. The highest BCUT2D eigenvalue weighted by Gasteiger charge is 2.29. The summed E-state index contributed by atoms with van der Waals surface area (Å²) in [4.78, 5) is 41.5. The van der Waals surface area contributed by atoms with Crippen molar-refractivity contribution in [3.8, 4) is 17.4 Å². The van der Waals surface area contributed by atoms with E-state index in [9.17, 15) is 14.7 Å². The van der Waals surface area contributed by atoms with Gasteiger partial charge in [0.25, 0.3) is 11.8 Å². The first-order valence-corrected chi connectivity index (χ1v) is 13.5. The van der Waals surface area contributed by atoms with E-state index in [1.54, 1.807) is 36.0 Å². The lowest BCUT2D eigenvalue weighted by molar-refractivity contribution is 0.0807. The highest BCUT2D eigenvalue weighted by atomic mass is 35.5. The Bertz CT molecular complexity index is 1640. The number of phenols is 1. The molecule has 2 aromatic carbocycles. The lowest BCUT2D eigenvalue weighted by Crippen LogP contribution is -2.17. The summed E-state index contributed by atoms with van der Waals surface area (Å²) < 4.78 is 5.64. The standard InChI is InChI=1S/C13H9Cl2N3O2.C9H9NO2.C4HCl3N2/c1-18-6-7-3-2-4-9(10(7)12(18)19)20-11-8(14)5-16-13(15)17-11;1-10-5-6-3-2-4-7(11)8(6)9(10)12;5-2-1-8-4(7)9-3(2)6/h2-5H,6H2,1H3;2-4,11H,5H2,1H3;1H. The summed E-state index contributed by atoms with van der Waals surface area (Å²) >= 11 is 27.9. The molecule has 2 aliphatic heterocycles. The SMILES string of the molecule is CN1Cc2cccc(O)c2C1=O.CN1Cc2cccc(Oc3nc(Cl)ncc3Cl)c2C1=O.Clc1ncc(Cl)c(Cl)n1. The van der Waals surface area contributed by atoms with Crippen molar-refractivity contribution in [2.45, 2.75) is 13.1 Å². The molecule has 2 amide bonds. The molecule has 41 heavy (non-hydrogen) atoms. The van der Waals surface area contributed by atoms with Crippen LogP contribution >= 0.6 is 58.0 Å². The number of aromatic nitrogens is 4. The van der Waals surface area contributed by atoms with Crippen molar-refractivity contribution in [3.05, 3.63) is 96.8 Å². The quantitative estimate of drug-likeness (QED) is 0.190. The fourth-order valence-corrected chi connectivity index (χ4v) is 4.52. The molecule has 0 saturated heterocycles. The molecule has 1 N–H and O–H groups in total. The molecule has 10 nitrogen and oxygen atoms in total. The van der Waals surface area contributed by atoms with Crippen molar-refractivity contribution >= 4 is 69.8 Å². The minimum atomic E-state index is -0.0944. The van der Waals surface area contributed by atoms with Crippen LogP contribution in [0.3, 0.4) is 0 Å². The molecule has 2 aliphatic rings. The fourth-order valence-electron chi connectivity index (χ4n) is 3.87. The van der Waals surface area contributed by atoms with E-state index in [1.165, 1.54) is 18.5 Å². The predicted molar refractivity (Wildman–Crippen MR) is 155 cm³/mol. The molecule has 0 radical (unpaired) electrons. The van der Waals surface area contributed by atoms with Gasteiger partial charge in [-0.1, -0.05) is 59.1 Å². The minimum Gasteiger partial charge on any atom is -0.507 e. The molecule has 0 spiro atoms. The maximum atomic E-state index is 12.1. The number of halogens is 5. The number of amides is 2. The Morgan fingerprint density at radius 1 is 0.756 bits per heavy atom. The number of nitrogens with zero attached hydrogens (tertiary/aromatic N) is 6. The zero-order valence-electron chi connectivity index (χ0n) is 21.3. The third kappa shape index (κ3) is 7.09. The van der Waals surface area contributed by atoms with Gasteiger partial charge in [-0.3, -0.25) is 9.59 Å². The molecule has 0 saturated carbocycles. The summed E-state index contributed by atoms with van der Waals surface area (Å²) in [6.07, 6.45) is 2.70.